The highest BCUT2D eigenvalue weighted by atomic mass is 35.5. The highest BCUT2D eigenvalue weighted by Crippen LogP contribution is 2.24. The van der Waals surface area contributed by atoms with E-state index in [0.717, 1.165) is 0 Å². The molecule has 0 aliphatic rings. The van der Waals surface area contributed by atoms with Gasteiger partial charge in [0.2, 0.25) is 0 Å². The summed E-state index contributed by atoms with van der Waals surface area (Å²) in [5, 5.41) is 13.5. The smallest absolute Gasteiger partial charge is 0.197 e. The summed E-state index contributed by atoms with van der Waals surface area (Å²) in [6, 6.07) is 6.15. The van der Waals surface area contributed by atoms with Crippen LogP contribution in [0.2, 0.25) is 5.02 Å². The Morgan fingerprint density at radius 3 is 2.80 bits per heavy atom. The Morgan fingerprint density at radius 1 is 1.33 bits per heavy atom. The molecular formula is C11H7ClO2S. The molecule has 15 heavy (non-hydrogen) atoms. The lowest BCUT2D eigenvalue weighted by molar-refractivity contribution is 0.103. The minimum atomic E-state index is -0.212. The molecule has 4 heteroatoms. The summed E-state index contributed by atoms with van der Waals surface area (Å²) in [6.07, 6.45) is 0. The fraction of sp³-hybridized carbons (Fsp3) is 0. The van der Waals surface area contributed by atoms with E-state index in [-0.39, 0.29) is 17.1 Å². The van der Waals surface area contributed by atoms with E-state index in [1.54, 1.807) is 17.5 Å². The van der Waals surface area contributed by atoms with Crippen LogP contribution in [-0.2, 0) is 0 Å². The molecule has 1 heterocycles. The largest absolute Gasteiger partial charge is 0.507 e. The van der Waals surface area contributed by atoms with E-state index in [2.05, 4.69) is 0 Å². The van der Waals surface area contributed by atoms with Gasteiger partial charge in [0.1, 0.15) is 5.75 Å². The molecule has 0 atom stereocenters. The number of rotatable bonds is 2. The van der Waals surface area contributed by atoms with Crippen LogP contribution >= 0.6 is 22.9 Å². The van der Waals surface area contributed by atoms with Crippen LogP contribution in [0.15, 0.2) is 35.0 Å². The molecule has 1 aromatic carbocycles. The number of carbonyl (C=O) groups is 1. The van der Waals surface area contributed by atoms with Crippen molar-refractivity contribution in [2.24, 2.45) is 0 Å². The fourth-order valence-electron chi connectivity index (χ4n) is 1.24. The number of phenolic OH excluding ortho intramolecular Hbond substituents is 1. The molecule has 0 bridgehead atoms. The van der Waals surface area contributed by atoms with Gasteiger partial charge in [-0.3, -0.25) is 4.79 Å². The van der Waals surface area contributed by atoms with Crippen LogP contribution in [-0.4, -0.2) is 10.9 Å². The SMILES string of the molecule is O=C(c1ccsc1)c1cc(Cl)ccc1O. The maximum absolute atomic E-state index is 11.9. The summed E-state index contributed by atoms with van der Waals surface area (Å²) in [5.41, 5.74) is 0.804. The lowest BCUT2D eigenvalue weighted by Crippen LogP contribution is -1.99. The van der Waals surface area contributed by atoms with Gasteiger partial charge in [0.15, 0.2) is 5.78 Å². The molecule has 2 aromatic rings. The van der Waals surface area contributed by atoms with Crippen molar-refractivity contribution in [2.75, 3.05) is 0 Å². The molecule has 0 spiro atoms. The first kappa shape index (κ1) is 10.2. The Balaban J connectivity index is 2.46. The minimum Gasteiger partial charge on any atom is -0.507 e. The molecule has 0 saturated carbocycles. The second-order valence-corrected chi connectivity index (χ2v) is 4.22. The number of phenols is 1. The number of aromatic hydroxyl groups is 1. The number of thiophene rings is 1. The zero-order chi connectivity index (χ0) is 10.8. The van der Waals surface area contributed by atoms with Gasteiger partial charge in [-0.1, -0.05) is 11.6 Å². The highest BCUT2D eigenvalue weighted by molar-refractivity contribution is 7.08. The first-order chi connectivity index (χ1) is 7.18. The van der Waals surface area contributed by atoms with E-state index >= 15 is 0 Å². The number of benzene rings is 1. The van der Waals surface area contributed by atoms with E-state index in [0.29, 0.717) is 10.6 Å². The zero-order valence-corrected chi connectivity index (χ0v) is 9.18. The van der Waals surface area contributed by atoms with Crippen LogP contribution in [0.1, 0.15) is 15.9 Å². The van der Waals surface area contributed by atoms with Crippen molar-refractivity contribution in [3.63, 3.8) is 0 Å². The van der Waals surface area contributed by atoms with Crippen molar-refractivity contribution in [3.8, 4) is 5.75 Å². The summed E-state index contributed by atoms with van der Waals surface area (Å²) in [6.45, 7) is 0. The third kappa shape index (κ3) is 2.03. The molecular weight excluding hydrogens is 232 g/mol. The third-order valence-electron chi connectivity index (χ3n) is 1.99. The average Bonchev–Trinajstić information content (AvgIpc) is 2.74. The van der Waals surface area contributed by atoms with E-state index < -0.39 is 0 Å². The van der Waals surface area contributed by atoms with Crippen molar-refractivity contribution >= 4 is 28.7 Å². The normalized spacial score (nSPS) is 10.2. The van der Waals surface area contributed by atoms with Gasteiger partial charge in [-0.25, -0.2) is 0 Å². The molecule has 2 nitrogen and oxygen atoms in total. The first-order valence-electron chi connectivity index (χ1n) is 4.24. The zero-order valence-electron chi connectivity index (χ0n) is 7.61. The van der Waals surface area contributed by atoms with Crippen LogP contribution in [0.4, 0.5) is 0 Å². The molecule has 0 saturated heterocycles. The van der Waals surface area contributed by atoms with Gasteiger partial charge in [0.25, 0.3) is 0 Å². The number of hydrogen-bond acceptors (Lipinski definition) is 3. The standard InChI is InChI=1S/C11H7ClO2S/c12-8-1-2-10(13)9(5-8)11(14)7-3-4-15-6-7/h1-6,13H. The number of hydrogen-bond donors (Lipinski definition) is 1. The van der Waals surface area contributed by atoms with Crippen LogP contribution in [0.25, 0.3) is 0 Å². The summed E-state index contributed by atoms with van der Waals surface area (Å²) >= 11 is 7.20. The molecule has 1 aromatic heterocycles. The average molecular weight is 239 g/mol. The molecule has 2 rings (SSSR count). The van der Waals surface area contributed by atoms with Crippen molar-refractivity contribution in [3.05, 3.63) is 51.2 Å². The molecule has 0 aliphatic heterocycles. The lowest BCUT2D eigenvalue weighted by Gasteiger charge is -2.02. The van der Waals surface area contributed by atoms with Crippen LogP contribution in [0.5, 0.6) is 5.75 Å². The van der Waals surface area contributed by atoms with E-state index in [9.17, 15) is 9.90 Å². The summed E-state index contributed by atoms with van der Waals surface area (Å²) in [7, 11) is 0. The predicted molar refractivity (Wildman–Crippen MR) is 60.9 cm³/mol. The second kappa shape index (κ2) is 4.04. The molecule has 1 N–H and O–H groups in total. The van der Waals surface area contributed by atoms with Gasteiger partial charge in [-0.15, -0.1) is 0 Å². The van der Waals surface area contributed by atoms with Crippen LogP contribution < -0.4 is 0 Å². The number of halogens is 1. The third-order valence-corrected chi connectivity index (χ3v) is 2.90. The van der Waals surface area contributed by atoms with E-state index in [1.807, 2.05) is 5.38 Å². The van der Waals surface area contributed by atoms with Gasteiger partial charge in [0.05, 0.1) is 5.56 Å². The fourth-order valence-corrected chi connectivity index (χ4v) is 2.05. The second-order valence-electron chi connectivity index (χ2n) is 3.00. The Labute approximate surface area is 95.8 Å². The number of carbonyl (C=O) groups excluding carboxylic acids is 1. The molecule has 0 fully saturated rings. The molecule has 0 radical (unpaired) electrons. The molecule has 0 aliphatic carbocycles. The maximum Gasteiger partial charge on any atom is 0.197 e. The summed E-state index contributed by atoms with van der Waals surface area (Å²) in [5.74, 6) is -0.258. The van der Waals surface area contributed by atoms with Gasteiger partial charge < -0.3 is 5.11 Å². The Kier molecular flexibility index (Phi) is 2.75. The topological polar surface area (TPSA) is 37.3 Å². The Hall–Kier alpha value is -1.32. The minimum absolute atomic E-state index is 0.0457. The molecule has 0 amide bonds. The monoisotopic (exact) mass is 238 g/mol. The van der Waals surface area contributed by atoms with E-state index in [1.165, 1.54) is 23.5 Å². The predicted octanol–water partition coefficient (Wildman–Crippen LogP) is 3.34. The van der Waals surface area contributed by atoms with Gasteiger partial charge in [-0.2, -0.15) is 11.3 Å². The summed E-state index contributed by atoms with van der Waals surface area (Å²) < 4.78 is 0. The Morgan fingerprint density at radius 2 is 2.13 bits per heavy atom. The van der Waals surface area contributed by atoms with Crippen molar-refractivity contribution in [2.45, 2.75) is 0 Å². The molecule has 0 unspecified atom stereocenters. The van der Waals surface area contributed by atoms with Crippen LogP contribution in [0, 0.1) is 0 Å². The van der Waals surface area contributed by atoms with Gasteiger partial charge in [-0.05, 0) is 29.6 Å². The van der Waals surface area contributed by atoms with Crippen LogP contribution in [0.3, 0.4) is 0 Å². The van der Waals surface area contributed by atoms with Crippen molar-refractivity contribution in [1.82, 2.24) is 0 Å². The van der Waals surface area contributed by atoms with Crippen molar-refractivity contribution < 1.29 is 9.90 Å². The summed E-state index contributed by atoms with van der Waals surface area (Å²) in [4.78, 5) is 11.9. The first-order valence-corrected chi connectivity index (χ1v) is 5.56. The lowest BCUT2D eigenvalue weighted by atomic mass is 10.1. The number of ketones is 1. The highest BCUT2D eigenvalue weighted by Gasteiger charge is 2.13. The quantitative estimate of drug-likeness (QED) is 0.815. The molecule has 76 valence electrons. The Bertz CT molecular complexity index is 491. The van der Waals surface area contributed by atoms with Gasteiger partial charge >= 0.3 is 0 Å². The van der Waals surface area contributed by atoms with Crippen molar-refractivity contribution in [1.29, 1.82) is 0 Å². The van der Waals surface area contributed by atoms with Gasteiger partial charge in [0, 0.05) is 16.0 Å². The maximum atomic E-state index is 11.9. The van der Waals surface area contributed by atoms with E-state index in [4.69, 9.17) is 11.6 Å².